The van der Waals surface area contributed by atoms with Gasteiger partial charge in [0, 0.05) is 12.2 Å². The summed E-state index contributed by atoms with van der Waals surface area (Å²) in [5.41, 5.74) is -2.75. The Morgan fingerprint density at radius 2 is 1.21 bits per heavy atom. The Kier molecular flexibility index (Phi) is 8.77. The Bertz CT molecular complexity index is 662. The zero-order valence-corrected chi connectivity index (χ0v) is 16.9. The molecule has 29 heavy (non-hydrogen) atoms. The molecule has 1 aliphatic heterocycles. The van der Waals surface area contributed by atoms with Crippen molar-refractivity contribution in [3.63, 3.8) is 0 Å². The summed E-state index contributed by atoms with van der Waals surface area (Å²) in [4.78, 5) is 24.4. The smallest absolute Gasteiger partial charge is 0.309 e. The van der Waals surface area contributed by atoms with Crippen LogP contribution in [0.15, 0.2) is 34.9 Å². The van der Waals surface area contributed by atoms with Crippen molar-refractivity contribution in [3.8, 4) is 0 Å². The quantitative estimate of drug-likeness (QED) is 0.304. The fraction of sp³-hybridized carbons (Fsp3) is 0.647. The molecule has 9 nitrogen and oxygen atoms in total. The van der Waals surface area contributed by atoms with Gasteiger partial charge in [0.15, 0.2) is 0 Å². The van der Waals surface area contributed by atoms with Gasteiger partial charge in [0.2, 0.25) is 0 Å². The highest BCUT2D eigenvalue weighted by Crippen LogP contribution is 2.39. The molecule has 0 aromatic heterocycles. The van der Waals surface area contributed by atoms with Crippen molar-refractivity contribution in [2.24, 2.45) is 0 Å². The first-order valence-electron chi connectivity index (χ1n) is 8.95. The number of rotatable bonds is 10. The first-order valence-corrected chi connectivity index (χ1v) is 8.95. The van der Waals surface area contributed by atoms with Crippen LogP contribution in [0.5, 0.6) is 0 Å². The summed E-state index contributed by atoms with van der Waals surface area (Å²) in [7, 11) is 6.92. The fourth-order valence-electron chi connectivity index (χ4n) is 2.99. The Hall–Kier alpha value is -2.47. The van der Waals surface area contributed by atoms with Gasteiger partial charge in [-0.25, -0.2) is 4.90 Å². The summed E-state index contributed by atoms with van der Waals surface area (Å²) < 4.78 is 42.1. The Morgan fingerprint density at radius 1 is 0.862 bits per heavy atom. The van der Waals surface area contributed by atoms with Crippen molar-refractivity contribution in [2.75, 3.05) is 41.3 Å². The second kappa shape index (κ2) is 10.3. The topological polar surface area (TPSA) is 96.0 Å². The van der Waals surface area contributed by atoms with E-state index in [1.807, 2.05) is 0 Å². The van der Waals surface area contributed by atoms with Crippen molar-refractivity contribution in [3.05, 3.63) is 55.2 Å². The molecular weight excluding hydrogens is 395 g/mol. The van der Waals surface area contributed by atoms with Crippen molar-refractivity contribution in [2.45, 2.75) is 32.0 Å². The van der Waals surface area contributed by atoms with Crippen LogP contribution in [0.2, 0.25) is 0 Å². The number of allylic oxidation sites excluding steroid dienone is 4. The minimum atomic E-state index is -5.05. The van der Waals surface area contributed by atoms with Gasteiger partial charge < -0.3 is 9.80 Å². The van der Waals surface area contributed by atoms with Crippen molar-refractivity contribution in [1.82, 2.24) is 14.7 Å². The van der Waals surface area contributed by atoms with E-state index in [1.54, 1.807) is 38.0 Å². The average Bonchev–Trinajstić information content (AvgIpc) is 2.71. The molecule has 0 aromatic rings. The molecule has 0 bridgehead atoms. The van der Waals surface area contributed by atoms with E-state index in [-0.39, 0.29) is 30.6 Å². The van der Waals surface area contributed by atoms with Crippen LogP contribution >= 0.6 is 0 Å². The number of hydrogen-bond donors (Lipinski definition) is 0. The molecular formula is C17H26F3N5O4. The summed E-state index contributed by atoms with van der Waals surface area (Å²) >= 11 is 0. The van der Waals surface area contributed by atoms with Crippen LogP contribution in [0.25, 0.3) is 0 Å². The molecule has 0 atom stereocenters. The van der Waals surface area contributed by atoms with Crippen LogP contribution in [0.1, 0.15) is 25.7 Å². The van der Waals surface area contributed by atoms with Crippen molar-refractivity contribution in [1.29, 1.82) is 0 Å². The van der Waals surface area contributed by atoms with Crippen LogP contribution in [0.4, 0.5) is 13.2 Å². The maximum Gasteiger partial charge on any atom is 0.489 e. The minimum absolute atomic E-state index is 0.158. The first kappa shape index (κ1) is 24.6. The van der Waals surface area contributed by atoms with Crippen LogP contribution in [-0.2, 0) is 0 Å². The van der Waals surface area contributed by atoms with E-state index in [9.17, 15) is 33.4 Å². The molecule has 1 aliphatic rings. The molecule has 0 saturated carbocycles. The lowest BCUT2D eigenvalue weighted by atomic mass is 10.1. The van der Waals surface area contributed by atoms with E-state index < -0.39 is 38.9 Å². The largest absolute Gasteiger partial charge is 0.489 e. The van der Waals surface area contributed by atoms with Gasteiger partial charge in [0.25, 0.3) is 11.4 Å². The molecule has 1 heterocycles. The second-order valence-electron chi connectivity index (χ2n) is 7.13. The molecule has 1 rings (SSSR count). The third-order valence-corrected chi connectivity index (χ3v) is 4.21. The van der Waals surface area contributed by atoms with Gasteiger partial charge >= 0.3 is 6.30 Å². The van der Waals surface area contributed by atoms with Crippen LogP contribution in [0.3, 0.4) is 0 Å². The maximum absolute atomic E-state index is 14.0. The molecule has 0 aliphatic carbocycles. The highest BCUT2D eigenvalue weighted by molar-refractivity contribution is 5.34. The van der Waals surface area contributed by atoms with E-state index in [4.69, 9.17) is 0 Å². The van der Waals surface area contributed by atoms with E-state index in [0.29, 0.717) is 13.1 Å². The molecule has 0 fully saturated rings. The van der Waals surface area contributed by atoms with Crippen LogP contribution < -0.4 is 0 Å². The highest BCUT2D eigenvalue weighted by Gasteiger charge is 2.47. The molecule has 164 valence electrons. The normalized spacial score (nSPS) is 15.6. The molecule has 0 radical (unpaired) electrons. The molecule has 0 amide bonds. The Balaban J connectivity index is 3.55. The third-order valence-electron chi connectivity index (χ3n) is 4.21. The minimum Gasteiger partial charge on any atom is -0.309 e. The van der Waals surface area contributed by atoms with Gasteiger partial charge in [-0.1, -0.05) is 0 Å². The maximum atomic E-state index is 14.0. The summed E-state index contributed by atoms with van der Waals surface area (Å²) in [5.74, 6) is 0. The lowest BCUT2D eigenvalue weighted by Gasteiger charge is -2.30. The van der Waals surface area contributed by atoms with Gasteiger partial charge in [-0.3, -0.25) is 20.2 Å². The van der Waals surface area contributed by atoms with Gasteiger partial charge in [-0.05, 0) is 67.0 Å². The molecule has 0 N–H and O–H groups in total. The molecule has 0 saturated heterocycles. The molecule has 0 unspecified atom stereocenters. The Labute approximate surface area is 167 Å². The lowest BCUT2D eigenvalue weighted by molar-refractivity contribution is -0.422. The van der Waals surface area contributed by atoms with Gasteiger partial charge in [-0.2, -0.15) is 0 Å². The van der Waals surface area contributed by atoms with Gasteiger partial charge in [-0.15, -0.1) is 13.2 Å². The number of nitrogens with zero attached hydrogens (tertiary/aromatic N) is 5. The molecule has 0 spiro atoms. The summed E-state index contributed by atoms with van der Waals surface area (Å²) in [6, 6.07) is 0. The fourth-order valence-corrected chi connectivity index (χ4v) is 2.99. The van der Waals surface area contributed by atoms with E-state index >= 15 is 0 Å². The van der Waals surface area contributed by atoms with Crippen LogP contribution in [0, 0.1) is 20.2 Å². The monoisotopic (exact) mass is 421 g/mol. The number of nitro groups is 2. The summed E-state index contributed by atoms with van der Waals surface area (Å²) in [6.07, 6.45) is -3.52. The van der Waals surface area contributed by atoms with Crippen LogP contribution in [-0.4, -0.2) is 72.1 Å². The molecule has 0 aromatic carbocycles. The SMILES string of the molecule is CN(C)CCCC1=C([N+](=O)[O-])C=CC([N+](=O)[O-])=C(CCCN(C)C)N1C(F)(F)F. The van der Waals surface area contributed by atoms with Gasteiger partial charge in [0.05, 0.1) is 9.85 Å². The van der Waals surface area contributed by atoms with Gasteiger partial charge in [0.1, 0.15) is 11.4 Å². The number of halogens is 3. The standard InChI is InChI=1S/C17H26F3N5O4/c1-21(2)11-5-7-13-15(24(26)27)9-10-16(25(28)29)14(8-6-12-22(3)4)23(13)17(18,19)20/h9-10H,5-8,11-12H2,1-4H3. The van der Waals surface area contributed by atoms with E-state index in [0.717, 1.165) is 12.2 Å². The third kappa shape index (κ3) is 7.13. The summed E-state index contributed by atoms with van der Waals surface area (Å²) in [6.45, 7) is 0.817. The zero-order chi connectivity index (χ0) is 22.4. The summed E-state index contributed by atoms with van der Waals surface area (Å²) in [5, 5.41) is 22.9. The number of alkyl halides is 3. The predicted octanol–water partition coefficient (Wildman–Crippen LogP) is 3.04. The average molecular weight is 421 g/mol. The van der Waals surface area contributed by atoms with Crippen molar-refractivity contribution >= 4 is 0 Å². The Morgan fingerprint density at radius 3 is 1.45 bits per heavy atom. The lowest BCUT2D eigenvalue weighted by Crippen LogP contribution is -2.39. The van der Waals surface area contributed by atoms with Crippen molar-refractivity contribution < 1.29 is 23.0 Å². The zero-order valence-electron chi connectivity index (χ0n) is 16.9. The first-order chi connectivity index (χ1) is 13.4. The second-order valence-corrected chi connectivity index (χ2v) is 7.13. The predicted molar refractivity (Wildman–Crippen MR) is 101 cm³/mol. The van der Waals surface area contributed by atoms with E-state index in [1.165, 1.54) is 0 Å². The number of hydrogen-bond acceptors (Lipinski definition) is 7. The highest BCUT2D eigenvalue weighted by atomic mass is 19.4. The molecule has 12 heteroatoms. The van der Waals surface area contributed by atoms with E-state index in [2.05, 4.69) is 0 Å².